The van der Waals surface area contributed by atoms with E-state index in [4.69, 9.17) is 6.42 Å². The first-order chi connectivity index (χ1) is 8.62. The Labute approximate surface area is 114 Å². The molecule has 2 nitrogen and oxygen atoms in total. The normalized spacial score (nSPS) is 18.8. The van der Waals surface area contributed by atoms with Gasteiger partial charge in [0.25, 0.3) is 0 Å². The second-order valence-electron chi connectivity index (χ2n) is 5.95. The lowest BCUT2D eigenvalue weighted by Gasteiger charge is -2.43. The van der Waals surface area contributed by atoms with Gasteiger partial charge in [-0.3, -0.25) is 4.90 Å². The molecule has 1 saturated heterocycles. The van der Waals surface area contributed by atoms with Gasteiger partial charge in [0.05, 0.1) is 0 Å². The van der Waals surface area contributed by atoms with Crippen molar-refractivity contribution in [2.24, 2.45) is 0 Å². The van der Waals surface area contributed by atoms with E-state index in [2.05, 4.69) is 36.9 Å². The molecular weight excluding hydrogens is 220 g/mol. The van der Waals surface area contributed by atoms with Gasteiger partial charge in [-0.1, -0.05) is 6.92 Å². The smallest absolute Gasteiger partial charge is 0.0306 e. The molecule has 0 bridgehead atoms. The molecule has 1 N–H and O–H groups in total. The van der Waals surface area contributed by atoms with Crippen LogP contribution in [0.25, 0.3) is 0 Å². The molecule has 1 fully saturated rings. The highest BCUT2D eigenvalue weighted by Gasteiger charge is 2.35. The number of nitrogens with one attached hydrogen (secondary N) is 1. The zero-order valence-corrected chi connectivity index (χ0v) is 12.5. The summed E-state index contributed by atoms with van der Waals surface area (Å²) in [6.07, 6.45) is 12.5. The Hall–Kier alpha value is -0.520. The lowest BCUT2D eigenvalue weighted by Crippen LogP contribution is -2.57. The fraction of sp³-hybridized carbons (Fsp3) is 0.875. The summed E-state index contributed by atoms with van der Waals surface area (Å²) in [7, 11) is 0. The van der Waals surface area contributed by atoms with Gasteiger partial charge >= 0.3 is 0 Å². The Morgan fingerprint density at radius 1 is 1.33 bits per heavy atom. The van der Waals surface area contributed by atoms with E-state index in [-0.39, 0.29) is 5.54 Å². The van der Waals surface area contributed by atoms with Gasteiger partial charge in [0.2, 0.25) is 0 Å². The van der Waals surface area contributed by atoms with E-state index in [1.54, 1.807) is 0 Å². The van der Waals surface area contributed by atoms with E-state index >= 15 is 0 Å². The molecule has 0 aliphatic carbocycles. The van der Waals surface area contributed by atoms with Crippen molar-refractivity contribution < 1.29 is 0 Å². The number of unbranched alkanes of at least 4 members (excludes halogenated alkanes) is 1. The summed E-state index contributed by atoms with van der Waals surface area (Å²) in [5, 5.41) is 3.74. The van der Waals surface area contributed by atoms with Gasteiger partial charge in [0.15, 0.2) is 0 Å². The van der Waals surface area contributed by atoms with Gasteiger partial charge in [-0.2, -0.15) is 0 Å². The summed E-state index contributed by atoms with van der Waals surface area (Å²) in [4.78, 5) is 2.65. The van der Waals surface area contributed by atoms with E-state index in [0.717, 1.165) is 19.4 Å². The largest absolute Gasteiger partial charge is 0.312 e. The fourth-order valence-corrected chi connectivity index (χ4v) is 2.95. The molecule has 0 aromatic heterocycles. The maximum Gasteiger partial charge on any atom is 0.0306 e. The molecule has 1 aliphatic rings. The lowest BCUT2D eigenvalue weighted by atomic mass is 9.88. The quantitative estimate of drug-likeness (QED) is 0.526. The van der Waals surface area contributed by atoms with E-state index in [1.165, 1.54) is 38.8 Å². The molecule has 18 heavy (non-hydrogen) atoms. The van der Waals surface area contributed by atoms with Gasteiger partial charge in [-0.15, -0.1) is 12.3 Å². The van der Waals surface area contributed by atoms with E-state index < -0.39 is 0 Å². The summed E-state index contributed by atoms with van der Waals surface area (Å²) < 4.78 is 0. The second-order valence-corrected chi connectivity index (χ2v) is 5.95. The van der Waals surface area contributed by atoms with Crippen molar-refractivity contribution >= 4 is 0 Å². The number of nitrogens with zero attached hydrogens (tertiary/aromatic N) is 1. The standard InChI is InChI=1S/C16H30N2/c1-5-7-8-11-15(17-12-6-2)16(3,4)18-13-9-10-14-18/h1,15,17H,6-14H2,2-4H3. The SMILES string of the molecule is C#CCCCC(NCCC)C(C)(C)N1CCCC1. The number of hydrogen-bond acceptors (Lipinski definition) is 2. The Morgan fingerprint density at radius 3 is 2.56 bits per heavy atom. The monoisotopic (exact) mass is 250 g/mol. The molecule has 0 radical (unpaired) electrons. The molecule has 0 aromatic carbocycles. The number of rotatable bonds is 8. The maximum atomic E-state index is 5.37. The Balaban J connectivity index is 2.57. The Bertz CT molecular complexity index is 259. The van der Waals surface area contributed by atoms with Crippen molar-refractivity contribution in [2.45, 2.75) is 70.9 Å². The van der Waals surface area contributed by atoms with Crippen LogP contribution in [0.4, 0.5) is 0 Å². The minimum absolute atomic E-state index is 0.250. The van der Waals surface area contributed by atoms with E-state index in [9.17, 15) is 0 Å². The molecule has 1 rings (SSSR count). The van der Waals surface area contributed by atoms with Crippen LogP contribution >= 0.6 is 0 Å². The summed E-state index contributed by atoms with van der Waals surface area (Å²) in [6, 6.07) is 0.559. The van der Waals surface area contributed by atoms with Crippen LogP contribution in [0.5, 0.6) is 0 Å². The molecule has 1 unspecified atom stereocenters. The van der Waals surface area contributed by atoms with Crippen molar-refractivity contribution in [3.63, 3.8) is 0 Å². The molecule has 2 heteroatoms. The maximum absolute atomic E-state index is 5.37. The van der Waals surface area contributed by atoms with Crippen LogP contribution in [-0.4, -0.2) is 36.1 Å². The first-order valence-electron chi connectivity index (χ1n) is 7.54. The van der Waals surface area contributed by atoms with Crippen LogP contribution in [0.2, 0.25) is 0 Å². The first kappa shape index (κ1) is 15.5. The third kappa shape index (κ3) is 4.30. The fourth-order valence-electron chi connectivity index (χ4n) is 2.95. The number of likely N-dealkylation sites (tertiary alicyclic amines) is 1. The molecule has 1 aliphatic heterocycles. The third-order valence-corrected chi connectivity index (χ3v) is 4.23. The summed E-state index contributed by atoms with van der Waals surface area (Å²) in [5.41, 5.74) is 0.250. The zero-order chi connectivity index (χ0) is 13.4. The molecule has 0 amide bonds. The predicted molar refractivity (Wildman–Crippen MR) is 79.7 cm³/mol. The van der Waals surface area contributed by atoms with Crippen molar-refractivity contribution in [2.75, 3.05) is 19.6 Å². The molecule has 104 valence electrons. The lowest BCUT2D eigenvalue weighted by molar-refractivity contribution is 0.101. The zero-order valence-electron chi connectivity index (χ0n) is 12.5. The third-order valence-electron chi connectivity index (χ3n) is 4.23. The van der Waals surface area contributed by atoms with E-state index in [0.29, 0.717) is 6.04 Å². The molecular formula is C16H30N2. The Morgan fingerprint density at radius 2 is 2.00 bits per heavy atom. The second kappa shape index (κ2) is 7.81. The molecule has 1 heterocycles. The van der Waals surface area contributed by atoms with Crippen LogP contribution in [0.15, 0.2) is 0 Å². The summed E-state index contributed by atoms with van der Waals surface area (Å²) in [6.45, 7) is 10.6. The predicted octanol–water partition coefficient (Wildman–Crippen LogP) is 3.03. The van der Waals surface area contributed by atoms with E-state index in [1.807, 2.05) is 0 Å². The van der Waals surface area contributed by atoms with Gasteiger partial charge in [0, 0.05) is 18.0 Å². The molecule has 1 atom stereocenters. The minimum atomic E-state index is 0.250. The first-order valence-corrected chi connectivity index (χ1v) is 7.54. The molecule has 0 saturated carbocycles. The van der Waals surface area contributed by atoms with Crippen LogP contribution in [-0.2, 0) is 0 Å². The number of hydrogen-bond donors (Lipinski definition) is 1. The topological polar surface area (TPSA) is 15.3 Å². The summed E-state index contributed by atoms with van der Waals surface area (Å²) >= 11 is 0. The highest BCUT2D eigenvalue weighted by atomic mass is 15.2. The van der Waals surface area contributed by atoms with Gasteiger partial charge in [-0.25, -0.2) is 0 Å². The average Bonchev–Trinajstić information content (AvgIpc) is 2.87. The summed E-state index contributed by atoms with van der Waals surface area (Å²) in [5.74, 6) is 2.76. The molecule has 0 spiro atoms. The van der Waals surface area contributed by atoms with Crippen LogP contribution in [0.1, 0.15) is 59.3 Å². The van der Waals surface area contributed by atoms with Crippen molar-refractivity contribution in [1.82, 2.24) is 10.2 Å². The highest BCUT2D eigenvalue weighted by molar-refractivity contribution is 4.96. The minimum Gasteiger partial charge on any atom is -0.312 e. The van der Waals surface area contributed by atoms with Gasteiger partial charge in [0.1, 0.15) is 0 Å². The molecule has 0 aromatic rings. The van der Waals surface area contributed by atoms with Crippen LogP contribution < -0.4 is 5.32 Å². The van der Waals surface area contributed by atoms with Crippen molar-refractivity contribution in [3.05, 3.63) is 0 Å². The van der Waals surface area contributed by atoms with Crippen molar-refractivity contribution in [1.29, 1.82) is 0 Å². The van der Waals surface area contributed by atoms with Crippen LogP contribution in [0.3, 0.4) is 0 Å². The van der Waals surface area contributed by atoms with Gasteiger partial charge in [-0.05, 0) is 65.6 Å². The van der Waals surface area contributed by atoms with Crippen molar-refractivity contribution in [3.8, 4) is 12.3 Å². The average molecular weight is 250 g/mol. The number of terminal acetylenes is 1. The highest BCUT2D eigenvalue weighted by Crippen LogP contribution is 2.26. The van der Waals surface area contributed by atoms with Gasteiger partial charge < -0.3 is 5.32 Å². The Kier molecular flexibility index (Phi) is 6.75. The van der Waals surface area contributed by atoms with Crippen LogP contribution in [0, 0.1) is 12.3 Å².